The molecule has 0 aromatic heterocycles. The number of hydrogen-bond donors (Lipinski definition) is 2. The molecule has 0 aromatic carbocycles. The molecular formula is C13H24N2O3. The van der Waals surface area contributed by atoms with E-state index in [1.54, 1.807) is 13.8 Å². The highest BCUT2D eigenvalue weighted by Gasteiger charge is 2.28. The van der Waals surface area contributed by atoms with Gasteiger partial charge < -0.3 is 10.4 Å². The number of carboxylic acid groups (broad SMARTS) is 1. The van der Waals surface area contributed by atoms with Gasteiger partial charge in [0.1, 0.15) is 6.04 Å². The van der Waals surface area contributed by atoms with E-state index in [2.05, 4.69) is 10.2 Å². The number of rotatable bonds is 5. The van der Waals surface area contributed by atoms with Crippen molar-refractivity contribution in [3.8, 4) is 0 Å². The maximum atomic E-state index is 12.0. The zero-order chi connectivity index (χ0) is 13.7. The molecule has 5 heteroatoms. The minimum absolute atomic E-state index is 0.111. The third-order valence-corrected chi connectivity index (χ3v) is 3.55. The number of piperidine rings is 1. The fraction of sp³-hybridized carbons (Fsp3) is 0.846. The van der Waals surface area contributed by atoms with Crippen LogP contribution < -0.4 is 5.32 Å². The summed E-state index contributed by atoms with van der Waals surface area (Å²) in [5, 5.41) is 11.7. The molecule has 0 aliphatic carbocycles. The van der Waals surface area contributed by atoms with E-state index in [0.29, 0.717) is 0 Å². The summed E-state index contributed by atoms with van der Waals surface area (Å²) in [6, 6.07) is -1.05. The van der Waals surface area contributed by atoms with Crippen LogP contribution in [0.3, 0.4) is 0 Å². The van der Waals surface area contributed by atoms with Gasteiger partial charge >= 0.3 is 5.97 Å². The van der Waals surface area contributed by atoms with Crippen LogP contribution in [0.1, 0.15) is 40.0 Å². The summed E-state index contributed by atoms with van der Waals surface area (Å²) in [7, 11) is 0. The Labute approximate surface area is 109 Å². The Morgan fingerprint density at radius 3 is 2.11 bits per heavy atom. The number of carbonyl (C=O) groups is 2. The second-order valence-electron chi connectivity index (χ2n) is 5.34. The molecule has 1 fully saturated rings. The molecule has 1 amide bonds. The average Bonchev–Trinajstić information content (AvgIpc) is 2.35. The van der Waals surface area contributed by atoms with Gasteiger partial charge in [0.25, 0.3) is 0 Å². The van der Waals surface area contributed by atoms with E-state index < -0.39 is 12.0 Å². The average molecular weight is 256 g/mol. The fourth-order valence-corrected chi connectivity index (χ4v) is 2.26. The van der Waals surface area contributed by atoms with Gasteiger partial charge in [-0.25, -0.2) is 4.79 Å². The topological polar surface area (TPSA) is 69.6 Å². The second kappa shape index (κ2) is 6.73. The van der Waals surface area contributed by atoms with Crippen molar-refractivity contribution in [3.05, 3.63) is 0 Å². The highest BCUT2D eigenvalue weighted by Crippen LogP contribution is 2.12. The van der Waals surface area contributed by atoms with Crippen LogP contribution in [-0.2, 0) is 9.59 Å². The first kappa shape index (κ1) is 15.0. The molecule has 0 radical (unpaired) electrons. The van der Waals surface area contributed by atoms with Gasteiger partial charge in [0.15, 0.2) is 0 Å². The molecule has 2 atom stereocenters. The van der Waals surface area contributed by atoms with Gasteiger partial charge in [-0.15, -0.1) is 0 Å². The number of nitrogens with one attached hydrogen (secondary N) is 1. The van der Waals surface area contributed by atoms with Gasteiger partial charge in [0.05, 0.1) is 6.04 Å². The van der Waals surface area contributed by atoms with Gasteiger partial charge in [-0.1, -0.05) is 20.3 Å². The lowest BCUT2D eigenvalue weighted by Crippen LogP contribution is -2.53. The number of carboxylic acids is 1. The smallest absolute Gasteiger partial charge is 0.326 e. The van der Waals surface area contributed by atoms with Crippen LogP contribution in [0.4, 0.5) is 0 Å². The Balaban J connectivity index is 2.54. The summed E-state index contributed by atoms with van der Waals surface area (Å²) < 4.78 is 0. The maximum absolute atomic E-state index is 12.0. The molecule has 0 saturated carbocycles. The SMILES string of the molecule is CC(C)C(NC(=O)C(C)N1CCCCC1)C(=O)O. The first-order valence-electron chi connectivity index (χ1n) is 6.70. The molecule has 18 heavy (non-hydrogen) atoms. The normalized spacial score (nSPS) is 20.4. The Hall–Kier alpha value is -1.10. The minimum atomic E-state index is -0.968. The summed E-state index contributed by atoms with van der Waals surface area (Å²) in [6.45, 7) is 7.29. The molecule has 1 rings (SSSR count). The molecule has 5 nitrogen and oxygen atoms in total. The minimum Gasteiger partial charge on any atom is -0.480 e. The summed E-state index contributed by atoms with van der Waals surface area (Å²) >= 11 is 0. The van der Waals surface area contributed by atoms with Crippen LogP contribution in [-0.4, -0.2) is 47.1 Å². The summed E-state index contributed by atoms with van der Waals surface area (Å²) in [6.07, 6.45) is 3.45. The number of nitrogens with zero attached hydrogens (tertiary/aromatic N) is 1. The predicted octanol–water partition coefficient (Wildman–Crippen LogP) is 1.09. The zero-order valence-corrected chi connectivity index (χ0v) is 11.5. The molecule has 104 valence electrons. The van der Waals surface area contributed by atoms with Crippen molar-refractivity contribution in [2.75, 3.05) is 13.1 Å². The van der Waals surface area contributed by atoms with Gasteiger partial charge in [0, 0.05) is 0 Å². The molecule has 2 N–H and O–H groups in total. The second-order valence-corrected chi connectivity index (χ2v) is 5.34. The fourth-order valence-electron chi connectivity index (χ4n) is 2.26. The largest absolute Gasteiger partial charge is 0.480 e. The number of aliphatic carboxylic acids is 1. The molecule has 0 bridgehead atoms. The van der Waals surface area contributed by atoms with Crippen LogP contribution >= 0.6 is 0 Å². The first-order chi connectivity index (χ1) is 8.43. The van der Waals surface area contributed by atoms with Gasteiger partial charge in [-0.3, -0.25) is 9.69 Å². The summed E-state index contributed by atoms with van der Waals surface area (Å²) in [5.74, 6) is -1.26. The van der Waals surface area contributed by atoms with Crippen LogP contribution in [0.5, 0.6) is 0 Å². The van der Waals surface area contributed by atoms with Gasteiger partial charge in [-0.05, 0) is 38.8 Å². The van der Waals surface area contributed by atoms with E-state index >= 15 is 0 Å². The third-order valence-electron chi connectivity index (χ3n) is 3.55. The zero-order valence-electron chi connectivity index (χ0n) is 11.5. The molecule has 1 aliphatic rings. The highest BCUT2D eigenvalue weighted by molar-refractivity contribution is 5.86. The monoisotopic (exact) mass is 256 g/mol. The predicted molar refractivity (Wildman–Crippen MR) is 69.3 cm³/mol. The lowest BCUT2D eigenvalue weighted by Gasteiger charge is -2.32. The van der Waals surface area contributed by atoms with Gasteiger partial charge in [-0.2, -0.15) is 0 Å². The first-order valence-corrected chi connectivity index (χ1v) is 6.70. The van der Waals surface area contributed by atoms with E-state index in [0.717, 1.165) is 25.9 Å². The molecule has 2 unspecified atom stereocenters. The number of amides is 1. The van der Waals surface area contributed by atoms with Crippen molar-refractivity contribution >= 4 is 11.9 Å². The van der Waals surface area contributed by atoms with Crippen molar-refractivity contribution in [2.45, 2.75) is 52.1 Å². The maximum Gasteiger partial charge on any atom is 0.326 e. The molecule has 0 aromatic rings. The van der Waals surface area contributed by atoms with Crippen LogP contribution in [0.15, 0.2) is 0 Å². The standard InChI is InChI=1S/C13H24N2O3/c1-9(2)11(13(17)18)14-12(16)10(3)15-7-5-4-6-8-15/h9-11H,4-8H2,1-3H3,(H,14,16)(H,17,18). The summed E-state index contributed by atoms with van der Waals surface area (Å²) in [5.41, 5.74) is 0. The molecule has 0 spiro atoms. The molecular weight excluding hydrogens is 232 g/mol. The van der Waals surface area contributed by atoms with E-state index in [1.165, 1.54) is 6.42 Å². The Morgan fingerprint density at radius 1 is 1.11 bits per heavy atom. The quantitative estimate of drug-likeness (QED) is 0.772. The van der Waals surface area contributed by atoms with Gasteiger partial charge in [0.2, 0.25) is 5.91 Å². The van der Waals surface area contributed by atoms with Crippen molar-refractivity contribution in [1.29, 1.82) is 0 Å². The summed E-state index contributed by atoms with van der Waals surface area (Å²) in [4.78, 5) is 25.2. The molecule has 1 aliphatic heterocycles. The van der Waals surface area contributed by atoms with Crippen LogP contribution in [0.25, 0.3) is 0 Å². The molecule has 1 saturated heterocycles. The van der Waals surface area contributed by atoms with E-state index in [1.807, 2.05) is 6.92 Å². The van der Waals surface area contributed by atoms with Crippen LogP contribution in [0, 0.1) is 5.92 Å². The Kier molecular flexibility index (Phi) is 5.59. The van der Waals surface area contributed by atoms with Crippen molar-refractivity contribution in [3.63, 3.8) is 0 Å². The van der Waals surface area contributed by atoms with Crippen molar-refractivity contribution in [2.24, 2.45) is 5.92 Å². The lowest BCUT2D eigenvalue weighted by atomic mass is 10.0. The van der Waals surface area contributed by atoms with E-state index in [-0.39, 0.29) is 17.9 Å². The van der Waals surface area contributed by atoms with E-state index in [9.17, 15) is 9.59 Å². The highest BCUT2D eigenvalue weighted by atomic mass is 16.4. The molecule has 1 heterocycles. The van der Waals surface area contributed by atoms with Crippen molar-refractivity contribution < 1.29 is 14.7 Å². The van der Waals surface area contributed by atoms with E-state index in [4.69, 9.17) is 5.11 Å². The number of carbonyl (C=O) groups excluding carboxylic acids is 1. The number of likely N-dealkylation sites (tertiary alicyclic amines) is 1. The van der Waals surface area contributed by atoms with Crippen LogP contribution in [0.2, 0.25) is 0 Å². The Morgan fingerprint density at radius 2 is 1.67 bits per heavy atom. The Bertz CT molecular complexity index is 299. The van der Waals surface area contributed by atoms with Crippen molar-refractivity contribution in [1.82, 2.24) is 10.2 Å². The lowest BCUT2D eigenvalue weighted by molar-refractivity contribution is -0.144. The number of hydrogen-bond acceptors (Lipinski definition) is 3. The third kappa shape index (κ3) is 3.98.